The summed E-state index contributed by atoms with van der Waals surface area (Å²) in [6, 6.07) is 12.2. The van der Waals surface area contributed by atoms with Gasteiger partial charge in [-0.2, -0.15) is 0 Å². The molecule has 7 nitrogen and oxygen atoms in total. The van der Waals surface area contributed by atoms with Gasteiger partial charge in [-0.3, -0.25) is 9.59 Å². The van der Waals surface area contributed by atoms with Gasteiger partial charge >= 0.3 is 0 Å². The number of hydrogen-bond donors (Lipinski definition) is 1. The van der Waals surface area contributed by atoms with Crippen molar-refractivity contribution in [3.63, 3.8) is 0 Å². The Morgan fingerprint density at radius 2 is 2.06 bits per heavy atom. The molecule has 1 N–H and O–H groups in total. The molecule has 0 spiro atoms. The minimum Gasteiger partial charge on any atom is -0.507 e. The predicted octanol–water partition coefficient (Wildman–Crippen LogP) is 4.48. The third kappa shape index (κ3) is 4.14. The molecule has 174 valence electrons. The van der Waals surface area contributed by atoms with Crippen molar-refractivity contribution >= 4 is 33.4 Å². The van der Waals surface area contributed by atoms with Gasteiger partial charge in [0.1, 0.15) is 17.6 Å². The van der Waals surface area contributed by atoms with Crippen molar-refractivity contribution in [3.05, 3.63) is 87.9 Å². The predicted molar refractivity (Wildman–Crippen MR) is 130 cm³/mol. The van der Waals surface area contributed by atoms with Crippen LogP contribution in [0.2, 0.25) is 0 Å². The summed E-state index contributed by atoms with van der Waals surface area (Å²) >= 11 is 3.49. The number of halogens is 1. The van der Waals surface area contributed by atoms with Gasteiger partial charge in [-0.15, -0.1) is 0 Å². The first-order valence-electron chi connectivity index (χ1n) is 11.2. The lowest BCUT2D eigenvalue weighted by molar-refractivity contribution is -0.139. The van der Waals surface area contributed by atoms with Crippen molar-refractivity contribution in [2.45, 2.75) is 38.5 Å². The van der Waals surface area contributed by atoms with Gasteiger partial charge in [-0.25, -0.2) is 4.98 Å². The van der Waals surface area contributed by atoms with E-state index < -0.39 is 17.7 Å². The van der Waals surface area contributed by atoms with Crippen LogP contribution in [0.15, 0.2) is 71.2 Å². The summed E-state index contributed by atoms with van der Waals surface area (Å²) in [6.07, 6.45) is 6.72. The number of benzene rings is 2. The summed E-state index contributed by atoms with van der Waals surface area (Å²) in [5.74, 6) is -0.652. The molecule has 0 bridgehead atoms. The van der Waals surface area contributed by atoms with Crippen molar-refractivity contribution in [2.75, 3.05) is 6.54 Å². The quantitative estimate of drug-likeness (QED) is 0.293. The fourth-order valence-corrected chi connectivity index (χ4v) is 5.12. The second kappa shape index (κ2) is 9.10. The highest BCUT2D eigenvalue weighted by Crippen LogP contribution is 2.41. The molecule has 2 aliphatic heterocycles. The molecule has 34 heavy (non-hydrogen) atoms. The summed E-state index contributed by atoms with van der Waals surface area (Å²) in [7, 11) is 0. The van der Waals surface area contributed by atoms with Crippen LogP contribution < -0.4 is 4.74 Å². The number of carbonyl (C=O) groups is 2. The Balaban J connectivity index is 1.53. The van der Waals surface area contributed by atoms with Crippen LogP contribution >= 0.6 is 15.9 Å². The van der Waals surface area contributed by atoms with Crippen LogP contribution in [0.4, 0.5) is 0 Å². The van der Waals surface area contributed by atoms with Gasteiger partial charge in [0.15, 0.2) is 0 Å². The monoisotopic (exact) mass is 521 g/mol. The number of Topliss-reactive ketones (excluding diaryl/α,β-unsaturated/α-hetero) is 1. The number of aryl methyl sites for hydroxylation is 1. The zero-order chi connectivity index (χ0) is 23.8. The van der Waals surface area contributed by atoms with Crippen LogP contribution in [-0.4, -0.2) is 43.9 Å². The van der Waals surface area contributed by atoms with Gasteiger partial charge in [0.05, 0.1) is 17.9 Å². The average molecular weight is 522 g/mol. The van der Waals surface area contributed by atoms with Gasteiger partial charge in [0.2, 0.25) is 0 Å². The molecule has 1 aromatic heterocycles. The van der Waals surface area contributed by atoms with E-state index in [9.17, 15) is 14.7 Å². The number of aliphatic hydroxyl groups is 1. The highest BCUT2D eigenvalue weighted by atomic mass is 79.9. The zero-order valence-electron chi connectivity index (χ0n) is 18.6. The Morgan fingerprint density at radius 1 is 1.21 bits per heavy atom. The largest absolute Gasteiger partial charge is 0.507 e. The van der Waals surface area contributed by atoms with Crippen molar-refractivity contribution in [3.8, 4) is 5.75 Å². The lowest BCUT2D eigenvalue weighted by atomic mass is 9.94. The van der Waals surface area contributed by atoms with E-state index in [0.717, 1.165) is 27.8 Å². The van der Waals surface area contributed by atoms with E-state index in [1.54, 1.807) is 23.5 Å². The third-order valence-corrected chi connectivity index (χ3v) is 6.74. The molecule has 3 aromatic rings. The summed E-state index contributed by atoms with van der Waals surface area (Å²) in [4.78, 5) is 31.9. The maximum absolute atomic E-state index is 13.2. The normalized spacial score (nSPS) is 21.1. The molecule has 1 amide bonds. The molecule has 2 aromatic carbocycles. The van der Waals surface area contributed by atoms with Crippen LogP contribution in [0.1, 0.15) is 36.1 Å². The lowest BCUT2D eigenvalue weighted by Gasteiger charge is -2.25. The third-order valence-electron chi connectivity index (χ3n) is 6.25. The molecule has 2 aliphatic rings. The smallest absolute Gasteiger partial charge is 0.295 e. The molecule has 1 fully saturated rings. The Kier molecular flexibility index (Phi) is 6.00. The van der Waals surface area contributed by atoms with E-state index in [-0.39, 0.29) is 17.4 Å². The van der Waals surface area contributed by atoms with E-state index in [1.165, 1.54) is 0 Å². The first-order chi connectivity index (χ1) is 16.4. The van der Waals surface area contributed by atoms with Gasteiger partial charge in [-0.1, -0.05) is 28.1 Å². The van der Waals surface area contributed by atoms with Crippen molar-refractivity contribution in [1.29, 1.82) is 0 Å². The van der Waals surface area contributed by atoms with E-state index in [2.05, 4.69) is 20.9 Å². The summed E-state index contributed by atoms with van der Waals surface area (Å²) in [5.41, 5.74) is 2.35. The maximum atomic E-state index is 13.2. The summed E-state index contributed by atoms with van der Waals surface area (Å²) < 4.78 is 8.52. The first-order valence-corrected chi connectivity index (χ1v) is 12.0. The molecule has 2 atom stereocenters. The zero-order valence-corrected chi connectivity index (χ0v) is 20.2. The van der Waals surface area contributed by atoms with Gasteiger partial charge < -0.3 is 19.3 Å². The lowest BCUT2D eigenvalue weighted by Crippen LogP contribution is -2.31. The van der Waals surface area contributed by atoms with E-state index in [1.807, 2.05) is 54.1 Å². The number of likely N-dealkylation sites (tertiary alicyclic amines) is 1. The summed E-state index contributed by atoms with van der Waals surface area (Å²) in [6.45, 7) is 3.02. The molecular formula is C26H24BrN3O4. The Hall–Kier alpha value is -3.39. The number of nitrogens with zero attached hydrogens (tertiary/aromatic N) is 3. The van der Waals surface area contributed by atoms with Gasteiger partial charge in [0, 0.05) is 41.9 Å². The van der Waals surface area contributed by atoms with E-state index >= 15 is 0 Å². The number of aliphatic hydroxyl groups excluding tert-OH is 1. The number of imidazole rings is 1. The van der Waals surface area contributed by atoms with Crippen LogP contribution in [0.25, 0.3) is 5.76 Å². The Labute approximate surface area is 205 Å². The molecule has 0 saturated carbocycles. The minimum absolute atomic E-state index is 0.0649. The van der Waals surface area contributed by atoms with Gasteiger partial charge in [-0.05, 0) is 54.8 Å². The molecule has 1 saturated heterocycles. The number of fused-ring (bicyclic) bond motifs is 1. The number of amides is 1. The Morgan fingerprint density at radius 3 is 2.82 bits per heavy atom. The topological polar surface area (TPSA) is 84.7 Å². The van der Waals surface area contributed by atoms with Crippen molar-refractivity contribution in [1.82, 2.24) is 14.5 Å². The van der Waals surface area contributed by atoms with E-state index in [4.69, 9.17) is 4.74 Å². The molecule has 3 heterocycles. The number of carbonyl (C=O) groups excluding carboxylic acids is 2. The molecular weight excluding hydrogens is 498 g/mol. The number of ketones is 1. The number of aromatic nitrogens is 2. The number of hydrogen-bond acceptors (Lipinski definition) is 5. The highest BCUT2D eigenvalue weighted by molar-refractivity contribution is 9.10. The second-order valence-electron chi connectivity index (χ2n) is 8.66. The maximum Gasteiger partial charge on any atom is 0.295 e. The van der Waals surface area contributed by atoms with Gasteiger partial charge in [0.25, 0.3) is 11.7 Å². The average Bonchev–Trinajstić information content (AvgIpc) is 3.52. The molecule has 8 heteroatoms. The fraction of sp³-hybridized carbons (Fsp3) is 0.269. The highest BCUT2D eigenvalue weighted by Gasteiger charge is 2.45. The minimum atomic E-state index is -0.677. The molecule has 0 radical (unpaired) electrons. The molecule has 0 unspecified atom stereocenters. The van der Waals surface area contributed by atoms with Crippen LogP contribution in [0.5, 0.6) is 5.75 Å². The van der Waals surface area contributed by atoms with Crippen LogP contribution in [0.3, 0.4) is 0 Å². The second-order valence-corrected chi connectivity index (χ2v) is 9.57. The SMILES string of the molecule is C[C@@H]1Cc2cc(/C(O)=C3\C(=O)C(=O)N(CCCn4ccnc4)[C@@H]3c3cccc(Br)c3)ccc2O1. The van der Waals surface area contributed by atoms with Crippen molar-refractivity contribution < 1.29 is 19.4 Å². The van der Waals surface area contributed by atoms with Crippen LogP contribution in [0, 0.1) is 0 Å². The van der Waals surface area contributed by atoms with E-state index in [0.29, 0.717) is 25.1 Å². The number of ether oxygens (including phenoxy) is 1. The fourth-order valence-electron chi connectivity index (χ4n) is 4.70. The first kappa shape index (κ1) is 22.4. The van der Waals surface area contributed by atoms with Crippen LogP contribution in [-0.2, 0) is 22.6 Å². The Bertz CT molecular complexity index is 1280. The van der Waals surface area contributed by atoms with Crippen molar-refractivity contribution in [2.24, 2.45) is 0 Å². The number of rotatable bonds is 6. The standard InChI is InChI=1S/C26H24BrN3O4/c1-16-12-19-13-18(6-7-21(19)34-16)24(31)22-23(17-4-2-5-20(27)14-17)30(26(33)25(22)32)10-3-9-29-11-8-28-15-29/h2,4-8,11,13-16,23,31H,3,9-10,12H2,1H3/b24-22+/t16-,23-/m1/s1. The molecule has 0 aliphatic carbocycles. The summed E-state index contributed by atoms with van der Waals surface area (Å²) in [5, 5.41) is 11.3. The molecule has 5 rings (SSSR count).